The van der Waals surface area contributed by atoms with Crippen LogP contribution in [0.15, 0.2) is 194 Å². The fraction of sp³-hybridized carbons (Fsp3) is 0.0417. The van der Waals surface area contributed by atoms with Gasteiger partial charge < -0.3 is 9.47 Å². The smallest absolute Gasteiger partial charge is 0.0629 e. The first kappa shape index (κ1) is 28.6. The molecule has 236 valence electrons. The normalized spacial score (nSPS) is 16.2. The lowest BCUT2D eigenvalue weighted by atomic mass is 9.89. The van der Waals surface area contributed by atoms with Gasteiger partial charge in [0, 0.05) is 39.3 Å². The summed E-state index contributed by atoms with van der Waals surface area (Å²) in [7, 11) is 0. The van der Waals surface area contributed by atoms with Gasteiger partial charge in [0.05, 0.1) is 17.1 Å². The van der Waals surface area contributed by atoms with Gasteiger partial charge in [0.25, 0.3) is 0 Å². The molecule has 1 aliphatic carbocycles. The molecule has 50 heavy (non-hydrogen) atoms. The Labute approximate surface area is 292 Å². The molecule has 2 unspecified atom stereocenters. The summed E-state index contributed by atoms with van der Waals surface area (Å²) in [6, 6.07) is 62.3. The summed E-state index contributed by atoms with van der Waals surface area (Å²) >= 11 is 0. The molecule has 2 nitrogen and oxygen atoms in total. The highest BCUT2D eigenvalue weighted by Gasteiger charge is 2.37. The fourth-order valence-electron chi connectivity index (χ4n) is 8.25. The van der Waals surface area contributed by atoms with E-state index in [1.165, 1.54) is 72.1 Å². The summed E-state index contributed by atoms with van der Waals surface area (Å²) in [6.07, 6.45) is 9.11. The Balaban J connectivity index is 1.22. The summed E-state index contributed by atoms with van der Waals surface area (Å²) < 4.78 is 2.49. The molecule has 2 heterocycles. The highest BCUT2D eigenvalue weighted by atomic mass is 15.2. The molecule has 0 radical (unpaired) electrons. The van der Waals surface area contributed by atoms with Gasteiger partial charge in [-0.15, -0.1) is 0 Å². The Morgan fingerprint density at radius 3 is 1.80 bits per heavy atom. The Bertz CT molecular complexity index is 2540. The molecule has 2 atom stereocenters. The van der Waals surface area contributed by atoms with Gasteiger partial charge in [-0.1, -0.05) is 146 Å². The number of allylic oxidation sites excluding steroid dienone is 2. The Morgan fingerprint density at radius 2 is 1.06 bits per heavy atom. The molecule has 1 aliphatic heterocycles. The zero-order valence-corrected chi connectivity index (χ0v) is 27.5. The van der Waals surface area contributed by atoms with Crippen molar-refractivity contribution in [1.82, 2.24) is 4.57 Å². The predicted octanol–water partition coefficient (Wildman–Crippen LogP) is 12.5. The molecule has 0 spiro atoms. The average molecular weight is 639 g/mol. The van der Waals surface area contributed by atoms with E-state index in [0.29, 0.717) is 0 Å². The molecule has 8 aromatic rings. The van der Waals surface area contributed by atoms with Crippen molar-refractivity contribution >= 4 is 33.2 Å². The third-order valence-electron chi connectivity index (χ3n) is 10.5. The van der Waals surface area contributed by atoms with E-state index in [-0.39, 0.29) is 12.0 Å². The Morgan fingerprint density at radius 1 is 0.420 bits per heavy atom. The molecule has 2 aliphatic rings. The van der Waals surface area contributed by atoms with Gasteiger partial charge in [-0.25, -0.2) is 0 Å². The van der Waals surface area contributed by atoms with E-state index in [2.05, 4.69) is 204 Å². The van der Waals surface area contributed by atoms with Crippen molar-refractivity contribution in [3.8, 4) is 39.1 Å². The first-order chi connectivity index (χ1) is 24.8. The third kappa shape index (κ3) is 4.57. The number of benzene rings is 7. The minimum atomic E-state index is 0.257. The van der Waals surface area contributed by atoms with Crippen molar-refractivity contribution in [3.05, 3.63) is 200 Å². The van der Waals surface area contributed by atoms with Gasteiger partial charge in [0.15, 0.2) is 0 Å². The zero-order valence-electron chi connectivity index (χ0n) is 27.5. The summed E-state index contributed by atoms with van der Waals surface area (Å²) in [4.78, 5) is 2.50. The molecule has 10 rings (SSSR count). The highest BCUT2D eigenvalue weighted by molar-refractivity contribution is 6.14. The van der Waals surface area contributed by atoms with Crippen LogP contribution in [-0.2, 0) is 0 Å². The maximum Gasteiger partial charge on any atom is 0.0629 e. The van der Waals surface area contributed by atoms with Gasteiger partial charge >= 0.3 is 0 Å². The number of anilines is 2. The van der Waals surface area contributed by atoms with E-state index >= 15 is 0 Å². The van der Waals surface area contributed by atoms with Gasteiger partial charge in [0.2, 0.25) is 0 Å². The number of nitrogens with zero attached hydrogens (tertiary/aromatic N) is 2. The number of rotatable bonds is 5. The minimum Gasteiger partial charge on any atom is -0.333 e. The van der Waals surface area contributed by atoms with Gasteiger partial charge in [-0.05, 0) is 81.9 Å². The lowest BCUT2D eigenvalue weighted by Gasteiger charge is -2.28. The second kappa shape index (κ2) is 11.6. The maximum absolute atomic E-state index is 2.50. The SMILES string of the molecule is C1=CC2c3cc(-c4cccc5c6ccccc6n(-c6cc(-c7ccccc7)cc(-c7ccccc7)c6)c45)ccc3N(c3ccccc3)C2C=C1. The van der Waals surface area contributed by atoms with E-state index in [1.807, 2.05) is 0 Å². The summed E-state index contributed by atoms with van der Waals surface area (Å²) in [6.45, 7) is 0. The fourth-order valence-corrected chi connectivity index (χ4v) is 8.25. The lowest BCUT2D eigenvalue weighted by Crippen LogP contribution is -2.28. The molecule has 2 heteroatoms. The summed E-state index contributed by atoms with van der Waals surface area (Å²) in [5.41, 5.74) is 14.7. The van der Waals surface area contributed by atoms with Crippen LogP contribution < -0.4 is 4.90 Å². The van der Waals surface area contributed by atoms with E-state index in [9.17, 15) is 0 Å². The molecule has 0 bridgehead atoms. The van der Waals surface area contributed by atoms with E-state index in [1.54, 1.807) is 0 Å². The van der Waals surface area contributed by atoms with Crippen LogP contribution in [0.25, 0.3) is 60.9 Å². The Hall–Kier alpha value is -6.38. The number of hydrogen-bond donors (Lipinski definition) is 0. The quantitative estimate of drug-likeness (QED) is 0.182. The third-order valence-corrected chi connectivity index (χ3v) is 10.5. The van der Waals surface area contributed by atoms with Crippen LogP contribution in [0.1, 0.15) is 11.5 Å². The molecular weight excluding hydrogens is 605 g/mol. The highest BCUT2D eigenvalue weighted by Crippen LogP contribution is 2.49. The minimum absolute atomic E-state index is 0.257. The predicted molar refractivity (Wildman–Crippen MR) is 210 cm³/mol. The van der Waals surface area contributed by atoms with Crippen molar-refractivity contribution in [2.75, 3.05) is 4.90 Å². The second-order valence-electron chi connectivity index (χ2n) is 13.3. The van der Waals surface area contributed by atoms with Gasteiger partial charge in [-0.2, -0.15) is 0 Å². The molecule has 0 saturated carbocycles. The van der Waals surface area contributed by atoms with E-state index < -0.39 is 0 Å². The lowest BCUT2D eigenvalue weighted by molar-refractivity contribution is 0.745. The number of aromatic nitrogens is 1. The standard InChI is InChI=1S/C48H34N2/c1-4-15-33(16-5-1)36-29-37(34-17-6-2-7-18-34)31-39(30-36)50-46-26-13-10-21-41(46)43-24-14-23-40(48(43)50)35-27-28-47-44(32-35)42-22-11-12-25-45(42)49(47)38-19-8-3-9-20-38/h1-32,42,45H. The Kier molecular flexibility index (Phi) is 6.67. The number of fused-ring (bicyclic) bond motifs is 6. The van der Waals surface area contributed by atoms with Crippen molar-refractivity contribution < 1.29 is 0 Å². The zero-order chi connectivity index (χ0) is 33.0. The largest absolute Gasteiger partial charge is 0.333 e. The molecule has 7 aromatic carbocycles. The van der Waals surface area contributed by atoms with E-state index in [4.69, 9.17) is 0 Å². The average Bonchev–Trinajstić information content (AvgIpc) is 3.71. The van der Waals surface area contributed by atoms with Crippen molar-refractivity contribution in [2.24, 2.45) is 0 Å². The van der Waals surface area contributed by atoms with E-state index in [0.717, 1.165) is 5.69 Å². The van der Waals surface area contributed by atoms with Crippen LogP contribution in [0.3, 0.4) is 0 Å². The maximum atomic E-state index is 2.50. The molecule has 0 saturated heterocycles. The molecule has 0 fully saturated rings. The van der Waals surface area contributed by atoms with Crippen LogP contribution in [0.5, 0.6) is 0 Å². The van der Waals surface area contributed by atoms with Crippen LogP contribution in [-0.4, -0.2) is 10.6 Å². The number of para-hydroxylation sites is 3. The van der Waals surface area contributed by atoms with Crippen molar-refractivity contribution in [3.63, 3.8) is 0 Å². The summed E-state index contributed by atoms with van der Waals surface area (Å²) in [5.74, 6) is 0.288. The van der Waals surface area contributed by atoms with Crippen LogP contribution in [0.2, 0.25) is 0 Å². The van der Waals surface area contributed by atoms with Crippen molar-refractivity contribution in [1.29, 1.82) is 0 Å². The van der Waals surface area contributed by atoms with Gasteiger partial charge in [-0.3, -0.25) is 0 Å². The molecule has 0 amide bonds. The van der Waals surface area contributed by atoms with Crippen molar-refractivity contribution in [2.45, 2.75) is 12.0 Å². The van der Waals surface area contributed by atoms with Crippen LogP contribution in [0.4, 0.5) is 11.4 Å². The molecular formula is C48H34N2. The number of hydrogen-bond acceptors (Lipinski definition) is 1. The van der Waals surface area contributed by atoms with Crippen LogP contribution in [0, 0.1) is 0 Å². The summed E-state index contributed by atoms with van der Waals surface area (Å²) in [5, 5.41) is 2.52. The first-order valence-electron chi connectivity index (χ1n) is 17.4. The molecule has 1 aromatic heterocycles. The molecule has 0 N–H and O–H groups in total. The topological polar surface area (TPSA) is 8.17 Å². The first-order valence-corrected chi connectivity index (χ1v) is 17.4. The second-order valence-corrected chi connectivity index (χ2v) is 13.3. The van der Waals surface area contributed by atoms with Gasteiger partial charge in [0.1, 0.15) is 0 Å². The monoisotopic (exact) mass is 638 g/mol. The van der Waals surface area contributed by atoms with Crippen LogP contribution >= 0.6 is 0 Å².